The highest BCUT2D eigenvalue weighted by Gasteiger charge is 2.22. The Morgan fingerprint density at radius 1 is 1.37 bits per heavy atom. The van der Waals surface area contributed by atoms with Crippen LogP contribution in [0.15, 0.2) is 18.2 Å². The van der Waals surface area contributed by atoms with Crippen molar-refractivity contribution in [2.75, 3.05) is 11.9 Å². The zero-order chi connectivity index (χ0) is 14.6. The van der Waals surface area contributed by atoms with Crippen LogP contribution in [0.25, 0.3) is 0 Å². The summed E-state index contributed by atoms with van der Waals surface area (Å²) in [5.74, 6) is -0.749. The third-order valence-electron chi connectivity index (χ3n) is 2.39. The molecule has 0 radical (unpaired) electrons. The van der Waals surface area contributed by atoms with E-state index >= 15 is 0 Å². The lowest BCUT2D eigenvalue weighted by Crippen LogP contribution is -2.50. The first-order chi connectivity index (χ1) is 8.70. The molecule has 0 aliphatic heterocycles. The Morgan fingerprint density at radius 3 is 2.53 bits per heavy atom. The smallest absolute Gasteiger partial charge is 0.243 e. The lowest BCUT2D eigenvalue weighted by molar-refractivity contribution is -0.127. The van der Waals surface area contributed by atoms with E-state index in [1.807, 2.05) is 13.0 Å². The average molecular weight is 284 g/mol. The molecule has 0 bridgehead atoms. The van der Waals surface area contributed by atoms with Crippen molar-refractivity contribution in [3.63, 3.8) is 0 Å². The summed E-state index contributed by atoms with van der Waals surface area (Å²) < 4.78 is 0. The van der Waals surface area contributed by atoms with E-state index in [9.17, 15) is 9.59 Å². The molecule has 0 atom stereocenters. The van der Waals surface area contributed by atoms with Gasteiger partial charge in [-0.3, -0.25) is 9.59 Å². The van der Waals surface area contributed by atoms with Crippen LogP contribution in [0.3, 0.4) is 0 Å². The molecule has 0 aliphatic carbocycles. The largest absolute Gasteiger partial charge is 0.345 e. The Kier molecular flexibility index (Phi) is 4.91. The molecule has 0 aromatic heterocycles. The molecule has 104 valence electrons. The maximum absolute atomic E-state index is 11.7. The molecule has 0 unspecified atom stereocenters. The normalized spacial score (nSPS) is 11.0. The summed E-state index contributed by atoms with van der Waals surface area (Å²) in [4.78, 5) is 23.1. The monoisotopic (exact) mass is 283 g/mol. The van der Waals surface area contributed by atoms with Crippen LogP contribution in [0.2, 0.25) is 5.02 Å². The van der Waals surface area contributed by atoms with E-state index in [1.54, 1.807) is 26.0 Å². The number of nitrogens with two attached hydrogens (primary N) is 1. The van der Waals surface area contributed by atoms with Gasteiger partial charge in [-0.1, -0.05) is 17.7 Å². The Bertz CT molecular complexity index is 495. The summed E-state index contributed by atoms with van der Waals surface area (Å²) in [5.41, 5.74) is 6.10. The quantitative estimate of drug-likeness (QED) is 0.782. The van der Waals surface area contributed by atoms with Crippen LogP contribution < -0.4 is 16.4 Å². The van der Waals surface area contributed by atoms with Crippen LogP contribution >= 0.6 is 11.6 Å². The van der Waals surface area contributed by atoms with Crippen molar-refractivity contribution in [3.05, 3.63) is 28.8 Å². The van der Waals surface area contributed by atoms with Crippen LogP contribution in [0.5, 0.6) is 0 Å². The second-order valence-electron chi connectivity index (χ2n) is 4.94. The summed E-state index contributed by atoms with van der Waals surface area (Å²) in [6, 6.07) is 5.30. The fourth-order valence-electron chi connectivity index (χ4n) is 1.30. The van der Waals surface area contributed by atoms with Crippen LogP contribution in [0.4, 0.5) is 5.69 Å². The number of anilines is 1. The van der Waals surface area contributed by atoms with E-state index < -0.39 is 11.4 Å². The van der Waals surface area contributed by atoms with Crippen LogP contribution in [0, 0.1) is 6.92 Å². The molecule has 5 nitrogen and oxygen atoms in total. The average Bonchev–Trinajstić information content (AvgIpc) is 2.28. The highest BCUT2D eigenvalue weighted by molar-refractivity contribution is 6.33. The van der Waals surface area contributed by atoms with E-state index in [2.05, 4.69) is 10.6 Å². The predicted octanol–water partition coefficient (Wildman–Crippen LogP) is 1.44. The molecule has 1 aromatic carbocycles. The Balaban J connectivity index is 2.54. The fourth-order valence-corrected chi connectivity index (χ4v) is 1.59. The molecule has 19 heavy (non-hydrogen) atoms. The molecule has 0 fully saturated rings. The molecule has 1 aromatic rings. The first-order valence-electron chi connectivity index (χ1n) is 5.83. The van der Waals surface area contributed by atoms with E-state index in [0.29, 0.717) is 10.7 Å². The summed E-state index contributed by atoms with van der Waals surface area (Å²) in [7, 11) is 0. The topological polar surface area (TPSA) is 84.2 Å². The van der Waals surface area contributed by atoms with Gasteiger partial charge >= 0.3 is 0 Å². The van der Waals surface area contributed by atoms with Crippen molar-refractivity contribution in [2.24, 2.45) is 5.73 Å². The number of hydrogen-bond acceptors (Lipinski definition) is 3. The number of carbonyl (C=O) groups excluding carboxylic acids is 2. The highest BCUT2D eigenvalue weighted by Crippen LogP contribution is 2.22. The van der Waals surface area contributed by atoms with Crippen molar-refractivity contribution in [3.8, 4) is 0 Å². The number of rotatable bonds is 4. The molecule has 0 aliphatic rings. The second-order valence-corrected chi connectivity index (χ2v) is 5.34. The Morgan fingerprint density at radius 2 is 2.00 bits per heavy atom. The lowest BCUT2D eigenvalue weighted by atomic mass is 10.1. The minimum absolute atomic E-state index is 0.149. The van der Waals surface area contributed by atoms with Gasteiger partial charge in [0.15, 0.2) is 0 Å². The molecular weight excluding hydrogens is 266 g/mol. The summed E-state index contributed by atoms with van der Waals surface area (Å²) in [6.45, 7) is 4.89. The van der Waals surface area contributed by atoms with Crippen LogP contribution in [-0.2, 0) is 9.59 Å². The number of hydrogen-bond donors (Lipinski definition) is 3. The Hall–Kier alpha value is -1.59. The van der Waals surface area contributed by atoms with Crippen molar-refractivity contribution in [1.29, 1.82) is 0 Å². The minimum Gasteiger partial charge on any atom is -0.345 e. The molecule has 0 spiro atoms. The maximum atomic E-state index is 11.7. The molecule has 0 heterocycles. The number of aryl methyl sites for hydroxylation is 1. The van der Waals surface area contributed by atoms with Gasteiger partial charge in [0.25, 0.3) is 0 Å². The molecule has 1 rings (SSSR count). The van der Waals surface area contributed by atoms with Crippen molar-refractivity contribution in [1.82, 2.24) is 5.32 Å². The fraction of sp³-hybridized carbons (Fsp3) is 0.385. The first kappa shape index (κ1) is 15.5. The lowest BCUT2D eigenvalue weighted by Gasteiger charge is -2.17. The van der Waals surface area contributed by atoms with Crippen molar-refractivity contribution < 1.29 is 9.59 Å². The Labute approximate surface area is 117 Å². The molecule has 0 saturated heterocycles. The van der Waals surface area contributed by atoms with Crippen LogP contribution in [0.1, 0.15) is 19.4 Å². The molecule has 4 N–H and O–H groups in total. The number of amides is 2. The SMILES string of the molecule is Cc1ccc(NC(=O)CNC(=O)C(C)(C)N)c(Cl)c1. The predicted molar refractivity (Wildman–Crippen MR) is 76.1 cm³/mol. The van der Waals surface area contributed by atoms with E-state index in [0.717, 1.165) is 5.56 Å². The summed E-state index contributed by atoms with van der Waals surface area (Å²) in [6.07, 6.45) is 0. The standard InChI is InChI=1S/C13H18ClN3O2/c1-8-4-5-10(9(14)6-8)17-11(18)7-16-12(19)13(2,3)15/h4-6H,7,15H2,1-3H3,(H,16,19)(H,17,18). The number of nitrogens with one attached hydrogen (secondary N) is 2. The first-order valence-corrected chi connectivity index (χ1v) is 6.21. The van der Waals surface area contributed by atoms with Gasteiger partial charge < -0.3 is 16.4 Å². The van der Waals surface area contributed by atoms with Gasteiger partial charge in [-0.05, 0) is 38.5 Å². The van der Waals surface area contributed by atoms with E-state index in [1.165, 1.54) is 0 Å². The van der Waals surface area contributed by atoms with Crippen molar-refractivity contribution >= 4 is 29.1 Å². The molecule has 0 saturated carbocycles. The third-order valence-corrected chi connectivity index (χ3v) is 2.71. The van der Waals surface area contributed by atoms with Gasteiger partial charge in [0, 0.05) is 0 Å². The minimum atomic E-state index is -1.01. The number of benzene rings is 1. The molecule has 2 amide bonds. The van der Waals surface area contributed by atoms with Gasteiger partial charge in [-0.2, -0.15) is 0 Å². The van der Waals surface area contributed by atoms with E-state index in [-0.39, 0.29) is 12.5 Å². The van der Waals surface area contributed by atoms with Gasteiger partial charge in [0.2, 0.25) is 11.8 Å². The van der Waals surface area contributed by atoms with Gasteiger partial charge in [0.05, 0.1) is 22.8 Å². The van der Waals surface area contributed by atoms with Gasteiger partial charge in [-0.25, -0.2) is 0 Å². The van der Waals surface area contributed by atoms with Gasteiger partial charge in [-0.15, -0.1) is 0 Å². The van der Waals surface area contributed by atoms with Crippen LogP contribution in [-0.4, -0.2) is 23.9 Å². The molecular formula is C13H18ClN3O2. The second kappa shape index (κ2) is 6.04. The molecule has 6 heteroatoms. The summed E-state index contributed by atoms with van der Waals surface area (Å²) >= 11 is 5.99. The van der Waals surface area contributed by atoms with E-state index in [4.69, 9.17) is 17.3 Å². The summed E-state index contributed by atoms with van der Waals surface area (Å²) in [5, 5.41) is 5.53. The zero-order valence-electron chi connectivity index (χ0n) is 11.2. The third kappa shape index (κ3) is 4.89. The van der Waals surface area contributed by atoms with Gasteiger partial charge in [0.1, 0.15) is 0 Å². The maximum Gasteiger partial charge on any atom is 0.243 e. The number of carbonyl (C=O) groups is 2. The zero-order valence-corrected chi connectivity index (χ0v) is 12.0. The number of halogens is 1. The van der Waals surface area contributed by atoms with Crippen molar-refractivity contribution in [2.45, 2.75) is 26.3 Å². The highest BCUT2D eigenvalue weighted by atomic mass is 35.5.